The van der Waals surface area contributed by atoms with Crippen LogP contribution < -0.4 is 10.6 Å². The minimum absolute atomic E-state index is 0.00906. The highest BCUT2D eigenvalue weighted by atomic mass is 35.5. The number of aryl methyl sites for hydroxylation is 4. The molecule has 0 saturated heterocycles. The number of amides is 2. The molecule has 0 spiro atoms. The highest BCUT2D eigenvalue weighted by Crippen LogP contribution is 2.41. The number of carbonyl (C=O) groups is 4. The lowest BCUT2D eigenvalue weighted by atomic mass is 10.0. The van der Waals surface area contributed by atoms with Gasteiger partial charge in [-0.15, -0.1) is 22.7 Å². The molecular formula is C42H35Cl2N9O6S3. The second kappa shape index (κ2) is 17.9. The number of nitrogens with one attached hydrogen (secondary N) is 2. The number of carboxylic acids is 2. The van der Waals surface area contributed by atoms with E-state index in [0.717, 1.165) is 56.8 Å². The van der Waals surface area contributed by atoms with Crippen LogP contribution in [0.5, 0.6) is 0 Å². The summed E-state index contributed by atoms with van der Waals surface area (Å²) >= 11 is 15.5. The first-order valence-corrected chi connectivity index (χ1v) is 21.7. The number of rotatable bonds is 10. The Labute approximate surface area is 376 Å². The number of carbonyl (C=O) groups excluding carboxylic acids is 2. The zero-order valence-electron chi connectivity index (χ0n) is 33.6. The van der Waals surface area contributed by atoms with Crippen LogP contribution in [-0.4, -0.2) is 67.7 Å². The molecule has 15 nitrogen and oxygen atoms in total. The third-order valence-corrected chi connectivity index (χ3v) is 13.1. The van der Waals surface area contributed by atoms with E-state index >= 15 is 0 Å². The summed E-state index contributed by atoms with van der Waals surface area (Å²) < 4.78 is 8.89. The molecule has 316 valence electrons. The van der Waals surface area contributed by atoms with Crippen molar-refractivity contribution in [3.63, 3.8) is 0 Å². The van der Waals surface area contributed by atoms with Crippen molar-refractivity contribution in [2.45, 2.75) is 34.6 Å². The van der Waals surface area contributed by atoms with Gasteiger partial charge in [0.05, 0.1) is 34.5 Å². The first-order chi connectivity index (χ1) is 29.6. The Balaban J connectivity index is 0.000000187. The molecule has 0 unspecified atom stereocenters. The number of nitrogens with zero attached hydrogens (tertiary/aromatic N) is 7. The predicted octanol–water partition coefficient (Wildman–Crippen LogP) is 10.1. The van der Waals surface area contributed by atoms with E-state index in [-0.39, 0.29) is 32.8 Å². The quantitative estimate of drug-likeness (QED) is 0.102. The van der Waals surface area contributed by atoms with Gasteiger partial charge in [-0.1, -0.05) is 41.4 Å². The number of carboxylic acid groups (broad SMARTS) is 2. The van der Waals surface area contributed by atoms with E-state index in [2.05, 4.69) is 30.3 Å². The lowest BCUT2D eigenvalue weighted by Crippen LogP contribution is -2.13. The summed E-state index contributed by atoms with van der Waals surface area (Å²) in [6, 6.07) is 16.9. The molecule has 0 fully saturated rings. The smallest absolute Gasteiger partial charge is 0.339 e. The Hall–Kier alpha value is -6.44. The topological polar surface area (TPSA) is 199 Å². The van der Waals surface area contributed by atoms with E-state index in [1.54, 1.807) is 52.4 Å². The van der Waals surface area contributed by atoms with Crippen LogP contribution in [0.3, 0.4) is 0 Å². The maximum absolute atomic E-state index is 12.7. The summed E-state index contributed by atoms with van der Waals surface area (Å²) in [5.74, 6) is -3.16. The van der Waals surface area contributed by atoms with Gasteiger partial charge in [-0.2, -0.15) is 15.3 Å². The second-order valence-corrected chi connectivity index (χ2v) is 17.1. The maximum atomic E-state index is 12.7. The number of thiophene rings is 2. The second-order valence-electron chi connectivity index (χ2n) is 13.8. The molecule has 0 atom stereocenters. The molecule has 0 aliphatic rings. The van der Waals surface area contributed by atoms with Gasteiger partial charge in [-0.3, -0.25) is 14.3 Å². The number of benzene rings is 2. The van der Waals surface area contributed by atoms with Crippen LogP contribution in [0, 0.1) is 34.6 Å². The fourth-order valence-corrected chi connectivity index (χ4v) is 9.65. The lowest BCUT2D eigenvalue weighted by Gasteiger charge is -2.07. The van der Waals surface area contributed by atoms with Gasteiger partial charge in [-0.05, 0) is 88.1 Å². The predicted molar refractivity (Wildman–Crippen MR) is 243 cm³/mol. The molecule has 6 heterocycles. The van der Waals surface area contributed by atoms with E-state index in [1.165, 1.54) is 22.2 Å². The van der Waals surface area contributed by atoms with E-state index in [1.807, 2.05) is 70.2 Å². The SMILES string of the molecule is Cc1cnsc1C(=O)Nc1scc(-c2c(C)nn(-c3ccccc3)c2C)c1C(=O)O.Cc1nn(-c2ccc(Cl)cc2)c(C)c1-c1csc(NC(=O)c2cnn(C)c2Cl)c1C(=O)O. The molecular weight excluding hydrogens is 894 g/mol. The first kappa shape index (κ1) is 43.6. The third kappa shape index (κ3) is 8.42. The molecule has 0 bridgehead atoms. The highest BCUT2D eigenvalue weighted by molar-refractivity contribution is 7.16. The summed E-state index contributed by atoms with van der Waals surface area (Å²) in [5, 5.41) is 43.1. The number of hydrogen-bond acceptors (Lipinski definition) is 11. The number of anilines is 2. The van der Waals surface area contributed by atoms with Crippen LogP contribution in [0.2, 0.25) is 10.2 Å². The van der Waals surface area contributed by atoms with Gasteiger partial charge in [-0.25, -0.2) is 23.3 Å². The molecule has 8 aromatic rings. The molecule has 8 rings (SSSR count). The van der Waals surface area contributed by atoms with Gasteiger partial charge in [0.1, 0.15) is 31.2 Å². The molecule has 62 heavy (non-hydrogen) atoms. The van der Waals surface area contributed by atoms with E-state index < -0.39 is 17.8 Å². The van der Waals surface area contributed by atoms with Gasteiger partial charge in [0.2, 0.25) is 0 Å². The van der Waals surface area contributed by atoms with Crippen LogP contribution in [-0.2, 0) is 7.05 Å². The number of hydrogen-bond donors (Lipinski definition) is 4. The molecule has 20 heteroatoms. The zero-order chi connectivity index (χ0) is 44.6. The number of para-hydroxylation sites is 1. The molecule has 0 radical (unpaired) electrons. The number of aromatic nitrogens is 7. The van der Waals surface area contributed by atoms with E-state index in [9.17, 15) is 29.4 Å². The average Bonchev–Trinajstić information content (AvgIpc) is 4.10. The van der Waals surface area contributed by atoms with Crippen LogP contribution in [0.4, 0.5) is 10.0 Å². The Kier molecular flexibility index (Phi) is 12.6. The monoisotopic (exact) mass is 927 g/mol. The molecule has 2 amide bonds. The fraction of sp³-hybridized carbons (Fsp3) is 0.143. The Bertz CT molecular complexity index is 3020. The summed E-state index contributed by atoms with van der Waals surface area (Å²) in [6.45, 7) is 9.22. The molecule has 4 N–H and O–H groups in total. The van der Waals surface area contributed by atoms with Crippen LogP contribution in [0.15, 0.2) is 77.8 Å². The zero-order valence-corrected chi connectivity index (χ0v) is 37.6. The van der Waals surface area contributed by atoms with Crippen molar-refractivity contribution in [2.24, 2.45) is 7.05 Å². The van der Waals surface area contributed by atoms with E-state index in [0.29, 0.717) is 43.0 Å². The summed E-state index contributed by atoms with van der Waals surface area (Å²) in [5.41, 5.74) is 8.08. The van der Waals surface area contributed by atoms with Crippen molar-refractivity contribution in [3.05, 3.63) is 138 Å². The van der Waals surface area contributed by atoms with Crippen LogP contribution >= 0.6 is 57.4 Å². The van der Waals surface area contributed by atoms with Crippen LogP contribution in [0.25, 0.3) is 33.6 Å². The van der Waals surface area contributed by atoms with Gasteiger partial charge in [0, 0.05) is 62.7 Å². The minimum Gasteiger partial charge on any atom is -0.478 e. The van der Waals surface area contributed by atoms with Gasteiger partial charge < -0.3 is 20.8 Å². The third-order valence-electron chi connectivity index (χ3n) is 9.72. The first-order valence-electron chi connectivity index (χ1n) is 18.4. The normalized spacial score (nSPS) is 11.0. The van der Waals surface area contributed by atoms with Gasteiger partial charge in [0.25, 0.3) is 11.8 Å². The lowest BCUT2D eigenvalue weighted by molar-refractivity contribution is 0.0688. The Morgan fingerprint density at radius 1 is 0.677 bits per heavy atom. The molecule has 6 aromatic heterocycles. The van der Waals surface area contributed by atoms with Crippen LogP contribution in [0.1, 0.15) is 69.1 Å². The molecule has 0 aliphatic carbocycles. The number of halogens is 2. The summed E-state index contributed by atoms with van der Waals surface area (Å²) in [7, 11) is 1.61. The van der Waals surface area contributed by atoms with Crippen molar-refractivity contribution in [3.8, 4) is 33.6 Å². The number of aromatic carboxylic acids is 2. The minimum atomic E-state index is -1.16. The Morgan fingerprint density at radius 3 is 1.63 bits per heavy atom. The largest absolute Gasteiger partial charge is 0.478 e. The van der Waals surface area contributed by atoms with Crippen molar-refractivity contribution in [2.75, 3.05) is 10.6 Å². The average molecular weight is 929 g/mol. The maximum Gasteiger partial charge on any atom is 0.339 e. The van der Waals surface area contributed by atoms with Crippen molar-refractivity contribution in [1.82, 2.24) is 33.7 Å². The Morgan fingerprint density at radius 2 is 1.18 bits per heavy atom. The summed E-state index contributed by atoms with van der Waals surface area (Å²) in [6.07, 6.45) is 2.94. The van der Waals surface area contributed by atoms with Crippen molar-refractivity contribution >= 4 is 91.2 Å². The van der Waals surface area contributed by atoms with E-state index in [4.69, 9.17) is 23.2 Å². The fourth-order valence-electron chi connectivity index (χ4n) is 6.83. The van der Waals surface area contributed by atoms with Crippen molar-refractivity contribution in [1.29, 1.82) is 0 Å². The molecule has 2 aromatic carbocycles. The van der Waals surface area contributed by atoms with Gasteiger partial charge in [0.15, 0.2) is 0 Å². The standard InChI is InChI=1S/C21H17Cl2N5O3S.C21H18N4O3S2/c1-10-16(11(2)28(26-10)13-6-4-12(22)5-7-13)15-9-32-20(17(15)21(30)31)25-19(29)14-8-24-27(3)18(14)23;1-11-9-22-30-18(11)19(26)23-20-17(21(27)28)15(10-29-20)16-12(2)24-25(13(16)3)14-7-5-4-6-8-14/h4-9H,1-3H3,(H,25,29)(H,30,31);4-10H,1-3H3,(H,23,26)(H,27,28). The highest BCUT2D eigenvalue weighted by Gasteiger charge is 2.28. The van der Waals surface area contributed by atoms with Gasteiger partial charge >= 0.3 is 11.9 Å². The van der Waals surface area contributed by atoms with Crippen molar-refractivity contribution < 1.29 is 29.4 Å². The molecule has 0 saturated carbocycles. The summed E-state index contributed by atoms with van der Waals surface area (Å²) in [4.78, 5) is 50.0. The molecule has 0 aliphatic heterocycles.